The fourth-order valence-electron chi connectivity index (χ4n) is 4.27. The van der Waals surface area contributed by atoms with Crippen molar-refractivity contribution in [1.29, 1.82) is 0 Å². The predicted molar refractivity (Wildman–Crippen MR) is 117 cm³/mol. The molecule has 2 aliphatic heterocycles. The highest BCUT2D eigenvalue weighted by molar-refractivity contribution is 5.92. The van der Waals surface area contributed by atoms with Gasteiger partial charge in [-0.1, -0.05) is 12.1 Å². The topological polar surface area (TPSA) is 70.0 Å². The Kier molecular flexibility index (Phi) is 5.54. The Bertz CT molecular complexity index is 1130. The Morgan fingerprint density at radius 2 is 1.78 bits per heavy atom. The lowest BCUT2D eigenvalue weighted by Crippen LogP contribution is -2.34. The van der Waals surface area contributed by atoms with Crippen LogP contribution in [0, 0.1) is 0 Å². The van der Waals surface area contributed by atoms with Crippen LogP contribution in [0.3, 0.4) is 0 Å². The van der Waals surface area contributed by atoms with E-state index in [0.717, 1.165) is 29.8 Å². The third-order valence-corrected chi connectivity index (χ3v) is 5.84. The number of carbonyl (C=O) groups is 2. The number of fused-ring (bicyclic) bond motifs is 1. The quantitative estimate of drug-likeness (QED) is 0.574. The van der Waals surface area contributed by atoms with E-state index < -0.39 is 5.97 Å². The lowest BCUT2D eigenvalue weighted by molar-refractivity contribution is -0.135. The predicted octanol–water partition coefficient (Wildman–Crippen LogP) is 3.77. The number of esters is 1. The van der Waals surface area contributed by atoms with Gasteiger partial charge in [0.05, 0.1) is 11.6 Å². The maximum atomic E-state index is 12.9. The molecular formula is C25H24N2O5. The molecule has 32 heavy (non-hydrogen) atoms. The van der Waals surface area contributed by atoms with Crippen molar-refractivity contribution < 1.29 is 23.8 Å². The van der Waals surface area contributed by atoms with E-state index in [1.807, 2.05) is 53.4 Å². The minimum absolute atomic E-state index is 0.0610. The highest BCUT2D eigenvalue weighted by atomic mass is 16.6. The summed E-state index contributed by atoms with van der Waals surface area (Å²) in [6, 6.07) is 16.7. The average molecular weight is 432 g/mol. The highest BCUT2D eigenvalue weighted by Gasteiger charge is 2.31. The number of benzene rings is 2. The molecule has 1 atom stereocenters. The van der Waals surface area contributed by atoms with Crippen LogP contribution in [-0.2, 0) is 9.53 Å². The third kappa shape index (κ3) is 4.06. The van der Waals surface area contributed by atoms with E-state index in [0.29, 0.717) is 31.1 Å². The van der Waals surface area contributed by atoms with Crippen LogP contribution in [0.1, 0.15) is 34.8 Å². The molecule has 0 bridgehead atoms. The zero-order valence-electron chi connectivity index (χ0n) is 17.6. The Balaban J connectivity index is 1.24. The fourth-order valence-corrected chi connectivity index (χ4v) is 4.27. The Hall–Kier alpha value is -3.74. The van der Waals surface area contributed by atoms with Crippen LogP contribution < -0.4 is 9.47 Å². The van der Waals surface area contributed by atoms with Gasteiger partial charge in [0.2, 0.25) is 0 Å². The van der Waals surface area contributed by atoms with Crippen LogP contribution in [0.2, 0.25) is 0 Å². The molecule has 1 saturated heterocycles. The van der Waals surface area contributed by atoms with E-state index in [9.17, 15) is 9.59 Å². The van der Waals surface area contributed by atoms with Crippen molar-refractivity contribution in [2.24, 2.45) is 0 Å². The molecule has 3 heterocycles. The first kappa shape index (κ1) is 20.2. The number of ether oxygens (including phenoxy) is 3. The summed E-state index contributed by atoms with van der Waals surface area (Å²) in [6.45, 7) is 1.41. The first-order chi connectivity index (χ1) is 15.7. The monoisotopic (exact) mass is 432 g/mol. The molecule has 1 aromatic heterocycles. The van der Waals surface area contributed by atoms with E-state index in [4.69, 9.17) is 14.2 Å². The van der Waals surface area contributed by atoms with Crippen LogP contribution >= 0.6 is 0 Å². The van der Waals surface area contributed by atoms with E-state index in [-0.39, 0.29) is 18.6 Å². The minimum atomic E-state index is -0.512. The SMILES string of the molecule is O=C(OCC(=O)N1CCCC1c1ccc2c(c1)OCCO2)c1cccc(-n2cccc2)c1. The Labute approximate surface area is 186 Å². The van der Waals surface area contributed by atoms with Crippen molar-refractivity contribution in [2.75, 3.05) is 26.4 Å². The highest BCUT2D eigenvalue weighted by Crippen LogP contribution is 2.38. The van der Waals surface area contributed by atoms with E-state index in [1.165, 1.54) is 0 Å². The minimum Gasteiger partial charge on any atom is -0.486 e. The van der Waals surface area contributed by atoms with E-state index in [1.54, 1.807) is 23.1 Å². The van der Waals surface area contributed by atoms with Crippen LogP contribution in [0.25, 0.3) is 5.69 Å². The molecule has 2 aromatic carbocycles. The largest absolute Gasteiger partial charge is 0.486 e. The summed E-state index contributed by atoms with van der Waals surface area (Å²) in [5.41, 5.74) is 2.27. The van der Waals surface area contributed by atoms with E-state index >= 15 is 0 Å². The van der Waals surface area contributed by atoms with Gasteiger partial charge in [0, 0.05) is 24.6 Å². The van der Waals surface area contributed by atoms with Gasteiger partial charge in [-0.3, -0.25) is 4.79 Å². The molecule has 164 valence electrons. The van der Waals surface area contributed by atoms with Crippen molar-refractivity contribution in [3.05, 3.63) is 78.1 Å². The number of likely N-dealkylation sites (tertiary alicyclic amines) is 1. The summed E-state index contributed by atoms with van der Waals surface area (Å²) >= 11 is 0. The van der Waals surface area contributed by atoms with Gasteiger partial charge in [0.25, 0.3) is 5.91 Å². The second kappa shape index (κ2) is 8.78. The summed E-state index contributed by atoms with van der Waals surface area (Å²) in [4.78, 5) is 27.2. The average Bonchev–Trinajstić information content (AvgIpc) is 3.55. The number of rotatable bonds is 5. The van der Waals surface area contributed by atoms with Crippen molar-refractivity contribution in [3.8, 4) is 17.2 Å². The van der Waals surface area contributed by atoms with Crippen LogP contribution in [-0.4, -0.2) is 47.7 Å². The van der Waals surface area contributed by atoms with Gasteiger partial charge in [-0.05, 0) is 60.9 Å². The molecular weight excluding hydrogens is 408 g/mol. The number of aromatic nitrogens is 1. The van der Waals surface area contributed by atoms with Crippen LogP contribution in [0.15, 0.2) is 67.0 Å². The number of nitrogens with zero attached hydrogens (tertiary/aromatic N) is 2. The summed E-state index contributed by atoms with van der Waals surface area (Å²) < 4.78 is 18.5. The number of hydrogen-bond acceptors (Lipinski definition) is 5. The maximum Gasteiger partial charge on any atom is 0.338 e. The molecule has 0 saturated carbocycles. The third-order valence-electron chi connectivity index (χ3n) is 5.84. The summed E-state index contributed by atoms with van der Waals surface area (Å²) in [5.74, 6) is 0.730. The van der Waals surface area contributed by atoms with Gasteiger partial charge in [-0.2, -0.15) is 0 Å². The van der Waals surface area contributed by atoms with Crippen molar-refractivity contribution in [3.63, 3.8) is 0 Å². The lowest BCUT2D eigenvalue weighted by Gasteiger charge is -2.26. The summed E-state index contributed by atoms with van der Waals surface area (Å²) in [5, 5.41) is 0. The summed E-state index contributed by atoms with van der Waals surface area (Å²) in [7, 11) is 0. The molecule has 0 aliphatic carbocycles. The second-order valence-corrected chi connectivity index (χ2v) is 7.87. The zero-order valence-corrected chi connectivity index (χ0v) is 17.6. The molecule has 3 aromatic rings. The zero-order chi connectivity index (χ0) is 21.9. The molecule has 7 nitrogen and oxygen atoms in total. The first-order valence-electron chi connectivity index (χ1n) is 10.8. The molecule has 0 N–H and O–H groups in total. The molecule has 5 rings (SSSR count). The van der Waals surface area contributed by atoms with Gasteiger partial charge in [-0.25, -0.2) is 4.79 Å². The molecule has 2 aliphatic rings. The standard InChI is InChI=1S/C25H24N2O5/c28-24(17-32-25(29)19-5-3-6-20(15-19)26-10-1-2-11-26)27-12-4-7-21(27)18-8-9-22-23(16-18)31-14-13-30-22/h1-3,5-6,8-11,15-16,21H,4,7,12-14,17H2. The normalized spacial score (nSPS) is 17.2. The molecule has 1 amide bonds. The number of carbonyl (C=O) groups excluding carboxylic acids is 2. The van der Waals surface area contributed by atoms with Gasteiger partial charge in [0.1, 0.15) is 13.2 Å². The molecule has 0 spiro atoms. The van der Waals surface area contributed by atoms with Crippen molar-refractivity contribution in [2.45, 2.75) is 18.9 Å². The number of amides is 1. The Morgan fingerprint density at radius 1 is 0.969 bits per heavy atom. The van der Waals surface area contributed by atoms with Gasteiger partial charge >= 0.3 is 5.97 Å². The smallest absolute Gasteiger partial charge is 0.338 e. The lowest BCUT2D eigenvalue weighted by atomic mass is 10.0. The second-order valence-electron chi connectivity index (χ2n) is 7.87. The fraction of sp³-hybridized carbons (Fsp3) is 0.280. The first-order valence-corrected chi connectivity index (χ1v) is 10.8. The van der Waals surface area contributed by atoms with Crippen molar-refractivity contribution in [1.82, 2.24) is 9.47 Å². The molecule has 0 radical (unpaired) electrons. The van der Waals surface area contributed by atoms with Gasteiger partial charge in [0.15, 0.2) is 18.1 Å². The molecule has 1 fully saturated rings. The molecule has 1 unspecified atom stereocenters. The van der Waals surface area contributed by atoms with E-state index in [2.05, 4.69) is 0 Å². The maximum absolute atomic E-state index is 12.9. The summed E-state index contributed by atoms with van der Waals surface area (Å²) in [6.07, 6.45) is 5.56. The Morgan fingerprint density at radius 3 is 2.62 bits per heavy atom. The van der Waals surface area contributed by atoms with Gasteiger partial charge < -0.3 is 23.7 Å². The van der Waals surface area contributed by atoms with Crippen LogP contribution in [0.4, 0.5) is 0 Å². The van der Waals surface area contributed by atoms with Crippen LogP contribution in [0.5, 0.6) is 11.5 Å². The van der Waals surface area contributed by atoms with Crippen molar-refractivity contribution >= 4 is 11.9 Å². The molecule has 7 heteroatoms. The van der Waals surface area contributed by atoms with Gasteiger partial charge in [-0.15, -0.1) is 0 Å². The number of hydrogen-bond donors (Lipinski definition) is 0.